The van der Waals surface area contributed by atoms with E-state index in [1.54, 1.807) is 0 Å². The molecule has 1 N–H and O–H groups in total. The van der Waals surface area contributed by atoms with E-state index in [1.807, 2.05) is 11.8 Å². The molecule has 0 aromatic heterocycles. The average Bonchev–Trinajstić information content (AvgIpc) is 2.62. The van der Waals surface area contributed by atoms with Crippen molar-refractivity contribution in [1.29, 1.82) is 0 Å². The van der Waals surface area contributed by atoms with Gasteiger partial charge in [-0.05, 0) is 44.2 Å². The molecule has 2 aromatic rings. The molecule has 0 bridgehead atoms. The van der Waals surface area contributed by atoms with Gasteiger partial charge in [-0.15, -0.1) is 0 Å². The van der Waals surface area contributed by atoms with Crippen LogP contribution < -0.4 is 10.2 Å². The van der Waals surface area contributed by atoms with Crippen molar-refractivity contribution in [2.24, 2.45) is 0 Å². The summed E-state index contributed by atoms with van der Waals surface area (Å²) in [6, 6.07) is 13.3. The van der Waals surface area contributed by atoms with Gasteiger partial charge >= 0.3 is 6.18 Å². The van der Waals surface area contributed by atoms with Gasteiger partial charge in [-0.2, -0.15) is 13.2 Å². The molecule has 2 aromatic carbocycles. The minimum absolute atomic E-state index is 0.155. The lowest BCUT2D eigenvalue weighted by Crippen LogP contribution is -2.53. The van der Waals surface area contributed by atoms with Gasteiger partial charge in [-0.3, -0.25) is 9.69 Å². The summed E-state index contributed by atoms with van der Waals surface area (Å²) in [6.45, 7) is 6.53. The first-order chi connectivity index (χ1) is 13.2. The third-order valence-electron chi connectivity index (χ3n) is 4.92. The molecule has 1 heterocycles. The van der Waals surface area contributed by atoms with Crippen molar-refractivity contribution in [3.8, 4) is 0 Å². The zero-order chi connectivity index (χ0) is 20.3. The number of alkyl halides is 3. The summed E-state index contributed by atoms with van der Waals surface area (Å²) < 4.78 is 38.4. The van der Waals surface area contributed by atoms with Gasteiger partial charge in [0.2, 0.25) is 5.91 Å². The first-order valence-electron chi connectivity index (χ1n) is 9.25. The molecule has 1 aliphatic heterocycles. The van der Waals surface area contributed by atoms with E-state index >= 15 is 0 Å². The number of anilines is 2. The lowest BCUT2D eigenvalue weighted by molar-refractivity contribution is -0.137. The lowest BCUT2D eigenvalue weighted by Gasteiger charge is -2.41. The maximum Gasteiger partial charge on any atom is 0.416 e. The van der Waals surface area contributed by atoms with Gasteiger partial charge in [-0.25, -0.2) is 0 Å². The van der Waals surface area contributed by atoms with E-state index in [1.165, 1.54) is 17.7 Å². The molecule has 0 saturated carbocycles. The summed E-state index contributed by atoms with van der Waals surface area (Å²) in [5.41, 5.74) is 1.75. The predicted molar refractivity (Wildman–Crippen MR) is 105 cm³/mol. The molecule has 4 nitrogen and oxygen atoms in total. The molecule has 1 saturated heterocycles. The molecule has 1 fully saturated rings. The van der Waals surface area contributed by atoms with Crippen LogP contribution in [-0.4, -0.2) is 43.0 Å². The Morgan fingerprint density at radius 2 is 1.86 bits per heavy atom. The second-order valence-corrected chi connectivity index (χ2v) is 7.24. The van der Waals surface area contributed by atoms with Gasteiger partial charge in [0.15, 0.2) is 0 Å². The third kappa shape index (κ3) is 5.04. The Labute approximate surface area is 162 Å². The predicted octanol–water partition coefficient (Wildman–Crippen LogP) is 4.16. The van der Waals surface area contributed by atoms with Gasteiger partial charge in [0.05, 0.1) is 12.1 Å². The number of rotatable bonds is 4. The Morgan fingerprint density at radius 1 is 1.14 bits per heavy atom. The molecule has 150 valence electrons. The number of carbonyl (C=O) groups excluding carboxylic acids is 1. The number of aryl methyl sites for hydroxylation is 1. The molecule has 28 heavy (non-hydrogen) atoms. The molecular formula is C21H24F3N3O. The fourth-order valence-electron chi connectivity index (χ4n) is 3.47. The van der Waals surface area contributed by atoms with E-state index < -0.39 is 11.7 Å². The minimum atomic E-state index is -4.43. The Morgan fingerprint density at radius 3 is 2.50 bits per heavy atom. The second-order valence-electron chi connectivity index (χ2n) is 7.24. The molecule has 0 aliphatic carbocycles. The number of hydrogen-bond acceptors (Lipinski definition) is 3. The monoisotopic (exact) mass is 391 g/mol. The van der Waals surface area contributed by atoms with Crippen LogP contribution in [-0.2, 0) is 11.0 Å². The number of nitrogens with one attached hydrogen (secondary N) is 1. The lowest BCUT2D eigenvalue weighted by atomic mass is 10.1. The number of amides is 1. The maximum absolute atomic E-state index is 12.8. The zero-order valence-corrected chi connectivity index (χ0v) is 16.0. The van der Waals surface area contributed by atoms with E-state index in [2.05, 4.69) is 41.4 Å². The SMILES string of the molecule is Cc1ccc(N2CCN(CC(=O)Nc3cccc(C(F)(F)F)c3)CC2C)cc1. The van der Waals surface area contributed by atoms with Crippen LogP contribution in [0.2, 0.25) is 0 Å². The van der Waals surface area contributed by atoms with Crippen LogP contribution in [0.5, 0.6) is 0 Å². The van der Waals surface area contributed by atoms with Crippen LogP contribution in [0.1, 0.15) is 18.1 Å². The van der Waals surface area contributed by atoms with Crippen LogP contribution >= 0.6 is 0 Å². The number of piperazine rings is 1. The third-order valence-corrected chi connectivity index (χ3v) is 4.92. The van der Waals surface area contributed by atoms with Crippen molar-refractivity contribution >= 4 is 17.3 Å². The Bertz CT molecular complexity index is 820. The average molecular weight is 391 g/mol. The smallest absolute Gasteiger partial charge is 0.366 e. The molecule has 1 atom stereocenters. The summed E-state index contributed by atoms with van der Waals surface area (Å²) in [6.07, 6.45) is -4.43. The van der Waals surface area contributed by atoms with E-state index in [4.69, 9.17) is 0 Å². The molecule has 1 aliphatic rings. The highest BCUT2D eigenvalue weighted by molar-refractivity contribution is 5.92. The first-order valence-corrected chi connectivity index (χ1v) is 9.25. The Balaban J connectivity index is 1.55. The van der Waals surface area contributed by atoms with E-state index in [0.29, 0.717) is 13.1 Å². The number of hydrogen-bond donors (Lipinski definition) is 1. The van der Waals surface area contributed by atoms with E-state index in [0.717, 1.165) is 24.4 Å². The van der Waals surface area contributed by atoms with Crippen molar-refractivity contribution in [3.05, 3.63) is 59.7 Å². The minimum Gasteiger partial charge on any atom is -0.366 e. The molecule has 7 heteroatoms. The zero-order valence-electron chi connectivity index (χ0n) is 16.0. The molecule has 1 unspecified atom stereocenters. The van der Waals surface area contributed by atoms with Gasteiger partial charge in [0, 0.05) is 37.1 Å². The van der Waals surface area contributed by atoms with Crippen LogP contribution in [0.4, 0.5) is 24.5 Å². The standard InChI is InChI=1S/C21H24F3N3O/c1-15-6-8-19(9-7-15)27-11-10-26(13-16(27)2)14-20(28)25-18-5-3-4-17(12-18)21(22,23)24/h3-9,12,16H,10-11,13-14H2,1-2H3,(H,25,28). The fraction of sp³-hybridized carbons (Fsp3) is 0.381. The molecule has 0 radical (unpaired) electrons. The molecular weight excluding hydrogens is 367 g/mol. The van der Waals surface area contributed by atoms with E-state index in [-0.39, 0.29) is 24.2 Å². The van der Waals surface area contributed by atoms with Crippen molar-refractivity contribution in [3.63, 3.8) is 0 Å². The number of carbonyl (C=O) groups is 1. The van der Waals surface area contributed by atoms with Gasteiger partial charge < -0.3 is 10.2 Å². The normalized spacial score (nSPS) is 18.2. The first kappa shape index (κ1) is 20.2. The molecule has 0 spiro atoms. The van der Waals surface area contributed by atoms with Crippen molar-refractivity contribution in [1.82, 2.24) is 4.90 Å². The van der Waals surface area contributed by atoms with Gasteiger partial charge in [0.25, 0.3) is 0 Å². The summed E-state index contributed by atoms with van der Waals surface area (Å²) in [7, 11) is 0. The van der Waals surface area contributed by atoms with Crippen LogP contribution in [0.15, 0.2) is 48.5 Å². The summed E-state index contributed by atoms with van der Waals surface area (Å²) in [4.78, 5) is 16.6. The molecule has 1 amide bonds. The Hall–Kier alpha value is -2.54. The van der Waals surface area contributed by atoms with Gasteiger partial charge in [0.1, 0.15) is 0 Å². The van der Waals surface area contributed by atoms with Crippen molar-refractivity contribution in [2.75, 3.05) is 36.4 Å². The summed E-state index contributed by atoms with van der Waals surface area (Å²) in [5, 5.41) is 2.57. The number of halogens is 3. The largest absolute Gasteiger partial charge is 0.416 e. The topological polar surface area (TPSA) is 35.6 Å². The second kappa shape index (κ2) is 8.22. The van der Waals surface area contributed by atoms with Crippen LogP contribution in [0, 0.1) is 6.92 Å². The fourth-order valence-corrected chi connectivity index (χ4v) is 3.47. The summed E-state index contributed by atoms with van der Waals surface area (Å²) >= 11 is 0. The highest BCUT2D eigenvalue weighted by atomic mass is 19.4. The quantitative estimate of drug-likeness (QED) is 0.850. The van der Waals surface area contributed by atoms with E-state index in [9.17, 15) is 18.0 Å². The van der Waals surface area contributed by atoms with Crippen molar-refractivity contribution in [2.45, 2.75) is 26.1 Å². The Kier molecular flexibility index (Phi) is 5.93. The highest BCUT2D eigenvalue weighted by Crippen LogP contribution is 2.30. The van der Waals surface area contributed by atoms with Crippen LogP contribution in [0.3, 0.4) is 0 Å². The van der Waals surface area contributed by atoms with Crippen LogP contribution in [0.25, 0.3) is 0 Å². The highest BCUT2D eigenvalue weighted by Gasteiger charge is 2.30. The maximum atomic E-state index is 12.8. The van der Waals surface area contributed by atoms with Gasteiger partial charge in [-0.1, -0.05) is 23.8 Å². The molecule has 3 rings (SSSR count). The summed E-state index contributed by atoms with van der Waals surface area (Å²) in [5.74, 6) is -0.310. The number of benzene rings is 2. The number of nitrogens with zero attached hydrogens (tertiary/aromatic N) is 2. The van der Waals surface area contributed by atoms with Crippen molar-refractivity contribution < 1.29 is 18.0 Å².